The molecule has 5 nitrogen and oxygen atoms in total. The van der Waals surface area contributed by atoms with Crippen LogP contribution in [-0.2, 0) is 19.1 Å². The average Bonchev–Trinajstić information content (AvgIpc) is 2.72. The van der Waals surface area contributed by atoms with E-state index in [1.165, 1.54) is 0 Å². The van der Waals surface area contributed by atoms with Crippen LogP contribution in [0.2, 0.25) is 0 Å². The number of hydrogen-bond donors (Lipinski definition) is 0. The second-order valence-corrected chi connectivity index (χ2v) is 5.42. The van der Waals surface area contributed by atoms with Gasteiger partial charge in [0.25, 0.3) is 0 Å². The van der Waals surface area contributed by atoms with Crippen molar-refractivity contribution in [2.24, 2.45) is 0 Å². The van der Waals surface area contributed by atoms with Crippen molar-refractivity contribution in [3.63, 3.8) is 0 Å². The second kappa shape index (κ2) is 6.18. The fourth-order valence-electron chi connectivity index (χ4n) is 1.95. The first-order valence-electron chi connectivity index (χ1n) is 6.45. The monoisotopic (exact) mass is 257 g/mol. The smallest absolute Gasteiger partial charge is 0.329 e. The predicted octanol–water partition coefficient (Wildman–Crippen LogP) is 1.36. The maximum atomic E-state index is 12.0. The standard InChI is InChI=1S/C13H23NO4/c1-5-17-9-11(15)14-8-6-7-10(14)12(16)18-13(2,3)4/h10H,5-9H2,1-4H3/t10-/m1/s1. The highest BCUT2D eigenvalue weighted by Crippen LogP contribution is 2.21. The maximum Gasteiger partial charge on any atom is 0.329 e. The normalized spacial score (nSPS) is 20.0. The van der Waals surface area contributed by atoms with Gasteiger partial charge in [-0.15, -0.1) is 0 Å². The van der Waals surface area contributed by atoms with Crippen LogP contribution < -0.4 is 0 Å². The number of amides is 1. The van der Waals surface area contributed by atoms with Crippen molar-refractivity contribution in [3.05, 3.63) is 0 Å². The molecule has 1 fully saturated rings. The highest BCUT2D eigenvalue weighted by atomic mass is 16.6. The third kappa shape index (κ3) is 4.29. The Morgan fingerprint density at radius 3 is 2.56 bits per heavy atom. The number of nitrogens with zero attached hydrogens (tertiary/aromatic N) is 1. The summed E-state index contributed by atoms with van der Waals surface area (Å²) in [6, 6.07) is -0.447. The zero-order chi connectivity index (χ0) is 13.8. The molecular formula is C13H23NO4. The van der Waals surface area contributed by atoms with E-state index in [2.05, 4.69) is 0 Å². The highest BCUT2D eigenvalue weighted by Gasteiger charge is 2.36. The summed E-state index contributed by atoms with van der Waals surface area (Å²) >= 11 is 0. The van der Waals surface area contributed by atoms with Gasteiger partial charge in [0.05, 0.1) is 0 Å². The Balaban J connectivity index is 2.59. The van der Waals surface area contributed by atoms with Gasteiger partial charge in [-0.05, 0) is 40.5 Å². The molecule has 18 heavy (non-hydrogen) atoms. The number of likely N-dealkylation sites (tertiary alicyclic amines) is 1. The predicted molar refractivity (Wildman–Crippen MR) is 67.1 cm³/mol. The fraction of sp³-hybridized carbons (Fsp3) is 0.846. The SMILES string of the molecule is CCOCC(=O)N1CCC[C@@H]1C(=O)OC(C)(C)C. The van der Waals surface area contributed by atoms with E-state index >= 15 is 0 Å². The van der Waals surface area contributed by atoms with Crippen molar-refractivity contribution in [2.45, 2.75) is 52.2 Å². The van der Waals surface area contributed by atoms with Crippen LogP contribution in [-0.4, -0.2) is 48.2 Å². The van der Waals surface area contributed by atoms with Gasteiger partial charge in [0.1, 0.15) is 18.2 Å². The van der Waals surface area contributed by atoms with E-state index < -0.39 is 11.6 Å². The van der Waals surface area contributed by atoms with Gasteiger partial charge in [0.15, 0.2) is 0 Å². The molecule has 0 aliphatic carbocycles. The maximum absolute atomic E-state index is 12.0. The van der Waals surface area contributed by atoms with Crippen LogP contribution in [0.5, 0.6) is 0 Å². The van der Waals surface area contributed by atoms with Crippen molar-refractivity contribution < 1.29 is 19.1 Å². The Morgan fingerprint density at radius 1 is 1.33 bits per heavy atom. The van der Waals surface area contributed by atoms with Gasteiger partial charge >= 0.3 is 5.97 Å². The molecule has 0 aromatic rings. The Hall–Kier alpha value is -1.10. The third-order valence-electron chi connectivity index (χ3n) is 2.68. The van der Waals surface area contributed by atoms with E-state index in [-0.39, 0.29) is 18.5 Å². The average molecular weight is 257 g/mol. The zero-order valence-corrected chi connectivity index (χ0v) is 11.7. The zero-order valence-electron chi connectivity index (χ0n) is 11.7. The quantitative estimate of drug-likeness (QED) is 0.713. The molecule has 1 aliphatic heterocycles. The lowest BCUT2D eigenvalue weighted by Crippen LogP contribution is -2.44. The summed E-state index contributed by atoms with van der Waals surface area (Å²) in [7, 11) is 0. The molecule has 1 rings (SSSR count). The van der Waals surface area contributed by atoms with Crippen molar-refractivity contribution in [3.8, 4) is 0 Å². The molecule has 0 aromatic carbocycles. The van der Waals surface area contributed by atoms with Crippen LogP contribution in [0.1, 0.15) is 40.5 Å². The molecule has 5 heteroatoms. The third-order valence-corrected chi connectivity index (χ3v) is 2.68. The van der Waals surface area contributed by atoms with Gasteiger partial charge in [0.2, 0.25) is 5.91 Å². The van der Waals surface area contributed by atoms with Crippen LogP contribution in [0.3, 0.4) is 0 Å². The van der Waals surface area contributed by atoms with Gasteiger partial charge < -0.3 is 14.4 Å². The van der Waals surface area contributed by atoms with Gasteiger partial charge in [0, 0.05) is 13.2 Å². The summed E-state index contributed by atoms with van der Waals surface area (Å²) in [5, 5.41) is 0. The molecule has 1 atom stereocenters. The first-order valence-corrected chi connectivity index (χ1v) is 6.45. The summed E-state index contributed by atoms with van der Waals surface area (Å²) in [6.45, 7) is 8.45. The van der Waals surface area contributed by atoms with Crippen LogP contribution in [0.15, 0.2) is 0 Å². The molecule has 0 unspecified atom stereocenters. The minimum absolute atomic E-state index is 0.0375. The first-order chi connectivity index (χ1) is 8.35. The molecule has 0 aromatic heterocycles. The van der Waals surface area contributed by atoms with E-state index in [0.717, 1.165) is 6.42 Å². The van der Waals surface area contributed by atoms with Crippen LogP contribution in [0, 0.1) is 0 Å². The minimum Gasteiger partial charge on any atom is -0.458 e. The van der Waals surface area contributed by atoms with Gasteiger partial charge in [-0.3, -0.25) is 4.79 Å². The Bertz CT molecular complexity index is 309. The Labute approximate surface area is 108 Å². The van der Waals surface area contributed by atoms with E-state index in [1.54, 1.807) is 4.90 Å². The largest absolute Gasteiger partial charge is 0.458 e. The molecule has 1 amide bonds. The molecule has 1 aliphatic rings. The Morgan fingerprint density at radius 2 is 2.00 bits per heavy atom. The number of rotatable bonds is 4. The minimum atomic E-state index is -0.520. The van der Waals surface area contributed by atoms with E-state index in [4.69, 9.17) is 9.47 Å². The van der Waals surface area contributed by atoms with Gasteiger partial charge in [-0.25, -0.2) is 4.79 Å². The molecule has 0 spiro atoms. The number of ether oxygens (including phenoxy) is 2. The molecule has 104 valence electrons. The lowest BCUT2D eigenvalue weighted by molar-refractivity contribution is -0.164. The van der Waals surface area contributed by atoms with Crippen molar-refractivity contribution in [1.82, 2.24) is 4.90 Å². The summed E-state index contributed by atoms with van der Waals surface area (Å²) in [4.78, 5) is 25.4. The number of carbonyl (C=O) groups excluding carboxylic acids is 2. The molecule has 0 radical (unpaired) electrons. The lowest BCUT2D eigenvalue weighted by atomic mass is 10.1. The summed E-state index contributed by atoms with van der Waals surface area (Å²) in [6.07, 6.45) is 1.51. The summed E-state index contributed by atoms with van der Waals surface area (Å²) in [5.41, 5.74) is -0.520. The molecule has 0 N–H and O–H groups in total. The van der Waals surface area contributed by atoms with Gasteiger partial charge in [-0.1, -0.05) is 0 Å². The van der Waals surface area contributed by atoms with E-state index in [1.807, 2.05) is 27.7 Å². The van der Waals surface area contributed by atoms with Crippen molar-refractivity contribution in [2.75, 3.05) is 19.8 Å². The molecule has 1 saturated heterocycles. The molecule has 0 saturated carbocycles. The van der Waals surface area contributed by atoms with Crippen LogP contribution in [0.4, 0.5) is 0 Å². The van der Waals surface area contributed by atoms with Crippen LogP contribution >= 0.6 is 0 Å². The summed E-state index contributed by atoms with van der Waals surface area (Å²) < 4.78 is 10.4. The highest BCUT2D eigenvalue weighted by molar-refractivity contribution is 5.86. The van der Waals surface area contributed by atoms with E-state index in [0.29, 0.717) is 19.6 Å². The van der Waals surface area contributed by atoms with Crippen molar-refractivity contribution >= 4 is 11.9 Å². The number of hydrogen-bond acceptors (Lipinski definition) is 4. The first kappa shape index (κ1) is 15.0. The fourth-order valence-corrected chi connectivity index (χ4v) is 1.95. The lowest BCUT2D eigenvalue weighted by Gasteiger charge is -2.27. The molecular weight excluding hydrogens is 234 g/mol. The summed E-state index contributed by atoms with van der Waals surface area (Å²) in [5.74, 6) is -0.449. The Kier molecular flexibility index (Phi) is 5.14. The van der Waals surface area contributed by atoms with E-state index in [9.17, 15) is 9.59 Å². The van der Waals surface area contributed by atoms with Crippen LogP contribution in [0.25, 0.3) is 0 Å². The number of carbonyl (C=O) groups is 2. The second-order valence-electron chi connectivity index (χ2n) is 5.42. The molecule has 0 bridgehead atoms. The molecule has 1 heterocycles. The topological polar surface area (TPSA) is 55.8 Å². The van der Waals surface area contributed by atoms with Gasteiger partial charge in [-0.2, -0.15) is 0 Å². The van der Waals surface area contributed by atoms with Crippen molar-refractivity contribution in [1.29, 1.82) is 0 Å². The number of esters is 1.